The molecule has 0 amide bonds. The van der Waals surface area contributed by atoms with Gasteiger partial charge in [0.1, 0.15) is 0 Å². The van der Waals surface area contributed by atoms with Gasteiger partial charge in [-0.05, 0) is 24.3 Å². The molecule has 1 aliphatic rings. The first-order chi connectivity index (χ1) is 8.74. The Bertz CT molecular complexity index is 587. The van der Waals surface area contributed by atoms with Crippen LogP contribution in [0.15, 0.2) is 18.5 Å². The predicted octanol–water partition coefficient (Wildman–Crippen LogP) is 1.32. The highest BCUT2D eigenvalue weighted by Crippen LogP contribution is 2.26. The van der Waals surface area contributed by atoms with Gasteiger partial charge < -0.3 is 9.84 Å². The normalized spacial score (nSPS) is 17.1. The van der Waals surface area contributed by atoms with Crippen LogP contribution in [0.2, 0.25) is 0 Å². The molecule has 94 valence electrons. The van der Waals surface area contributed by atoms with Crippen LogP contribution in [0.5, 0.6) is 0 Å². The molecular formula is C12H13N3O3. The standard InChI is InChI=1S/C12H13N3O3/c16-12(17)10-5-11-13-6-9(7-15(11)14-10)8-1-3-18-4-2-8/h5-8H,1-4H2,(H,16,17). The number of aromatic nitrogens is 3. The topological polar surface area (TPSA) is 76.7 Å². The van der Waals surface area contributed by atoms with Crippen LogP contribution in [0.25, 0.3) is 5.65 Å². The van der Waals surface area contributed by atoms with E-state index in [9.17, 15) is 4.79 Å². The summed E-state index contributed by atoms with van der Waals surface area (Å²) in [4.78, 5) is 15.1. The summed E-state index contributed by atoms with van der Waals surface area (Å²) < 4.78 is 6.86. The highest BCUT2D eigenvalue weighted by Gasteiger charge is 2.17. The number of hydrogen-bond donors (Lipinski definition) is 1. The van der Waals surface area contributed by atoms with Crippen LogP contribution in [0.3, 0.4) is 0 Å². The number of rotatable bonds is 2. The predicted molar refractivity (Wildman–Crippen MR) is 62.7 cm³/mol. The van der Waals surface area contributed by atoms with Crippen LogP contribution in [-0.4, -0.2) is 38.9 Å². The van der Waals surface area contributed by atoms with Gasteiger partial charge in [0, 0.05) is 31.7 Å². The van der Waals surface area contributed by atoms with Crippen molar-refractivity contribution < 1.29 is 14.6 Å². The minimum Gasteiger partial charge on any atom is -0.476 e. The Labute approximate surface area is 103 Å². The third-order valence-corrected chi connectivity index (χ3v) is 3.25. The lowest BCUT2D eigenvalue weighted by atomic mass is 9.94. The molecule has 0 atom stereocenters. The second-order valence-corrected chi connectivity index (χ2v) is 4.41. The molecule has 0 saturated carbocycles. The van der Waals surface area contributed by atoms with E-state index in [0.29, 0.717) is 11.6 Å². The van der Waals surface area contributed by atoms with E-state index in [-0.39, 0.29) is 5.69 Å². The smallest absolute Gasteiger partial charge is 0.356 e. The van der Waals surface area contributed by atoms with E-state index in [1.165, 1.54) is 10.6 Å². The van der Waals surface area contributed by atoms with Gasteiger partial charge in [0.05, 0.1) is 0 Å². The molecule has 0 spiro atoms. The number of hydrogen-bond acceptors (Lipinski definition) is 4. The zero-order chi connectivity index (χ0) is 12.5. The molecule has 6 nitrogen and oxygen atoms in total. The lowest BCUT2D eigenvalue weighted by Gasteiger charge is -2.21. The molecule has 1 saturated heterocycles. The summed E-state index contributed by atoms with van der Waals surface area (Å²) in [6.07, 6.45) is 5.61. The van der Waals surface area contributed by atoms with Gasteiger partial charge in [-0.1, -0.05) is 0 Å². The summed E-state index contributed by atoms with van der Waals surface area (Å²) >= 11 is 0. The van der Waals surface area contributed by atoms with Crippen molar-refractivity contribution in [2.75, 3.05) is 13.2 Å². The average molecular weight is 247 g/mol. The van der Waals surface area contributed by atoms with E-state index in [2.05, 4.69) is 10.1 Å². The highest BCUT2D eigenvalue weighted by molar-refractivity contribution is 5.86. The van der Waals surface area contributed by atoms with Gasteiger partial charge in [-0.3, -0.25) is 0 Å². The number of fused-ring (bicyclic) bond motifs is 1. The SMILES string of the molecule is O=C(O)c1cc2ncc(C3CCOCC3)cn2n1. The van der Waals surface area contributed by atoms with Crippen LogP contribution >= 0.6 is 0 Å². The maximum atomic E-state index is 10.8. The molecule has 6 heteroatoms. The number of carboxylic acids is 1. The number of carboxylic acid groups (broad SMARTS) is 1. The molecule has 0 bridgehead atoms. The summed E-state index contributed by atoms with van der Waals surface area (Å²) in [6, 6.07) is 1.47. The quantitative estimate of drug-likeness (QED) is 0.866. The summed E-state index contributed by atoms with van der Waals surface area (Å²) in [5.74, 6) is -0.610. The van der Waals surface area contributed by atoms with Gasteiger partial charge in [-0.2, -0.15) is 5.10 Å². The van der Waals surface area contributed by atoms with Crippen molar-refractivity contribution in [3.8, 4) is 0 Å². The minimum atomic E-state index is -1.03. The van der Waals surface area contributed by atoms with Gasteiger partial charge in [-0.15, -0.1) is 0 Å². The Balaban J connectivity index is 1.96. The van der Waals surface area contributed by atoms with Crippen molar-refractivity contribution >= 4 is 11.6 Å². The Morgan fingerprint density at radius 1 is 1.44 bits per heavy atom. The Morgan fingerprint density at radius 3 is 2.94 bits per heavy atom. The first-order valence-electron chi connectivity index (χ1n) is 5.90. The van der Waals surface area contributed by atoms with Gasteiger partial charge in [0.25, 0.3) is 0 Å². The first-order valence-corrected chi connectivity index (χ1v) is 5.90. The molecule has 0 unspecified atom stereocenters. The van der Waals surface area contributed by atoms with E-state index in [1.807, 2.05) is 6.20 Å². The minimum absolute atomic E-state index is 0.0200. The molecule has 0 aliphatic carbocycles. The third kappa shape index (κ3) is 1.95. The maximum absolute atomic E-state index is 10.8. The Hall–Kier alpha value is -1.95. The van der Waals surface area contributed by atoms with E-state index in [4.69, 9.17) is 9.84 Å². The number of ether oxygens (including phenoxy) is 1. The second-order valence-electron chi connectivity index (χ2n) is 4.41. The Morgan fingerprint density at radius 2 is 2.22 bits per heavy atom. The van der Waals surface area contributed by atoms with Crippen molar-refractivity contribution in [2.24, 2.45) is 0 Å². The van der Waals surface area contributed by atoms with Gasteiger partial charge in [0.15, 0.2) is 11.3 Å². The molecule has 1 N–H and O–H groups in total. The number of carbonyl (C=O) groups is 1. The van der Waals surface area contributed by atoms with Crippen molar-refractivity contribution in [3.05, 3.63) is 29.7 Å². The second kappa shape index (κ2) is 4.38. The van der Waals surface area contributed by atoms with Crippen molar-refractivity contribution in [1.29, 1.82) is 0 Å². The fourth-order valence-corrected chi connectivity index (χ4v) is 2.24. The monoisotopic (exact) mass is 247 g/mol. The number of nitrogens with zero attached hydrogens (tertiary/aromatic N) is 3. The van der Waals surface area contributed by atoms with Gasteiger partial charge in [0.2, 0.25) is 0 Å². The summed E-state index contributed by atoms with van der Waals surface area (Å²) in [5, 5.41) is 12.9. The van der Waals surface area contributed by atoms with Crippen molar-refractivity contribution in [1.82, 2.24) is 14.6 Å². The molecule has 3 rings (SSSR count). The summed E-state index contributed by atoms with van der Waals surface area (Å²) in [5.41, 5.74) is 1.67. The lowest BCUT2D eigenvalue weighted by molar-refractivity contribution is 0.0690. The molecule has 3 heterocycles. The zero-order valence-electron chi connectivity index (χ0n) is 9.74. The highest BCUT2D eigenvalue weighted by atomic mass is 16.5. The van der Waals surface area contributed by atoms with E-state index >= 15 is 0 Å². The first kappa shape index (κ1) is 11.2. The molecule has 1 aliphatic heterocycles. The molecule has 0 aromatic carbocycles. The fourth-order valence-electron chi connectivity index (χ4n) is 2.24. The third-order valence-electron chi connectivity index (χ3n) is 3.25. The van der Waals surface area contributed by atoms with Crippen LogP contribution in [-0.2, 0) is 4.74 Å². The van der Waals surface area contributed by atoms with Gasteiger partial charge in [-0.25, -0.2) is 14.3 Å². The van der Waals surface area contributed by atoms with Crippen LogP contribution in [0.4, 0.5) is 0 Å². The Kier molecular flexibility index (Phi) is 2.71. The van der Waals surface area contributed by atoms with Crippen LogP contribution in [0, 0.1) is 0 Å². The van der Waals surface area contributed by atoms with Gasteiger partial charge >= 0.3 is 5.97 Å². The van der Waals surface area contributed by atoms with Crippen LogP contribution < -0.4 is 0 Å². The molecule has 0 radical (unpaired) electrons. The molecule has 2 aromatic heterocycles. The molecular weight excluding hydrogens is 234 g/mol. The van der Waals surface area contributed by atoms with E-state index < -0.39 is 5.97 Å². The zero-order valence-corrected chi connectivity index (χ0v) is 9.74. The average Bonchev–Trinajstić information content (AvgIpc) is 2.82. The van der Waals surface area contributed by atoms with Crippen molar-refractivity contribution in [2.45, 2.75) is 18.8 Å². The largest absolute Gasteiger partial charge is 0.476 e. The summed E-state index contributed by atoms with van der Waals surface area (Å²) in [6.45, 7) is 1.53. The maximum Gasteiger partial charge on any atom is 0.356 e. The number of aromatic carboxylic acids is 1. The van der Waals surface area contributed by atoms with E-state index in [0.717, 1.165) is 31.6 Å². The lowest BCUT2D eigenvalue weighted by Crippen LogP contribution is -2.14. The van der Waals surface area contributed by atoms with E-state index in [1.54, 1.807) is 6.20 Å². The molecule has 2 aromatic rings. The van der Waals surface area contributed by atoms with Crippen molar-refractivity contribution in [3.63, 3.8) is 0 Å². The fraction of sp³-hybridized carbons (Fsp3) is 0.417. The molecule has 18 heavy (non-hydrogen) atoms. The molecule has 1 fully saturated rings. The summed E-state index contributed by atoms with van der Waals surface area (Å²) in [7, 11) is 0. The van der Waals surface area contributed by atoms with Crippen LogP contribution in [0.1, 0.15) is 34.8 Å².